The minimum absolute atomic E-state index is 0.0786. The Hall–Kier alpha value is -1.55. The van der Waals surface area contributed by atoms with Crippen LogP contribution >= 0.6 is 0 Å². The summed E-state index contributed by atoms with van der Waals surface area (Å²) >= 11 is 0. The molecule has 0 aliphatic heterocycles. The normalized spacial score (nSPS) is 12.9. The van der Waals surface area contributed by atoms with Gasteiger partial charge in [-0.25, -0.2) is 4.79 Å². The summed E-state index contributed by atoms with van der Waals surface area (Å²) in [4.78, 5) is 11.8. The molecule has 18 heavy (non-hydrogen) atoms. The number of anilines is 1. The molecule has 0 saturated carbocycles. The van der Waals surface area contributed by atoms with Gasteiger partial charge < -0.3 is 15.7 Å². The summed E-state index contributed by atoms with van der Waals surface area (Å²) in [5.74, 6) is 0. The first-order chi connectivity index (χ1) is 8.32. The Bertz CT molecular complexity index is 393. The highest BCUT2D eigenvalue weighted by atomic mass is 16.3. The second-order valence-corrected chi connectivity index (χ2v) is 5.57. The molecule has 4 nitrogen and oxygen atoms in total. The average molecular weight is 250 g/mol. The molecule has 0 heterocycles. The van der Waals surface area contributed by atoms with E-state index in [1.165, 1.54) is 0 Å². The van der Waals surface area contributed by atoms with Gasteiger partial charge >= 0.3 is 6.03 Å². The summed E-state index contributed by atoms with van der Waals surface area (Å²) in [6, 6.07) is 6.99. The van der Waals surface area contributed by atoms with Crippen molar-refractivity contribution in [1.82, 2.24) is 5.32 Å². The summed E-state index contributed by atoms with van der Waals surface area (Å²) < 4.78 is 0. The molecule has 2 amide bonds. The second-order valence-electron chi connectivity index (χ2n) is 5.57. The van der Waals surface area contributed by atoms with Gasteiger partial charge in [0.1, 0.15) is 0 Å². The lowest BCUT2D eigenvalue weighted by atomic mass is 9.87. The first-order valence-electron chi connectivity index (χ1n) is 6.08. The third-order valence-electron chi connectivity index (χ3n) is 2.84. The van der Waals surface area contributed by atoms with E-state index >= 15 is 0 Å². The Morgan fingerprint density at radius 2 is 1.83 bits per heavy atom. The van der Waals surface area contributed by atoms with E-state index < -0.39 is 0 Å². The van der Waals surface area contributed by atoms with Gasteiger partial charge in [-0.1, -0.05) is 38.5 Å². The molecule has 0 aliphatic rings. The lowest BCUT2D eigenvalue weighted by molar-refractivity contribution is 0.162. The molecule has 0 spiro atoms. The van der Waals surface area contributed by atoms with Crippen LogP contribution in [0.25, 0.3) is 0 Å². The fraction of sp³-hybridized carbons (Fsp3) is 0.500. The molecule has 0 saturated heterocycles. The number of aryl methyl sites for hydroxylation is 1. The predicted octanol–water partition coefficient (Wildman–Crippen LogP) is 2.52. The number of rotatable bonds is 3. The van der Waals surface area contributed by atoms with Crippen LogP contribution < -0.4 is 10.6 Å². The maximum Gasteiger partial charge on any atom is 0.319 e. The number of aliphatic hydroxyl groups is 1. The zero-order chi connectivity index (χ0) is 13.8. The fourth-order valence-corrected chi connectivity index (χ4v) is 1.50. The van der Waals surface area contributed by atoms with Crippen LogP contribution in [0.15, 0.2) is 24.3 Å². The molecule has 0 radical (unpaired) electrons. The smallest absolute Gasteiger partial charge is 0.319 e. The summed E-state index contributed by atoms with van der Waals surface area (Å²) in [5, 5.41) is 14.8. The predicted molar refractivity (Wildman–Crippen MR) is 73.7 cm³/mol. The van der Waals surface area contributed by atoms with Gasteiger partial charge in [0.05, 0.1) is 12.6 Å². The Balaban J connectivity index is 2.58. The molecule has 1 rings (SSSR count). The van der Waals surface area contributed by atoms with Gasteiger partial charge in [0.2, 0.25) is 0 Å². The van der Waals surface area contributed by atoms with Crippen LogP contribution in [0, 0.1) is 12.3 Å². The first kappa shape index (κ1) is 14.5. The second kappa shape index (κ2) is 5.87. The van der Waals surface area contributed by atoms with Crippen molar-refractivity contribution in [3.8, 4) is 0 Å². The number of hydrogen-bond acceptors (Lipinski definition) is 2. The van der Waals surface area contributed by atoms with E-state index in [0.717, 1.165) is 11.3 Å². The Morgan fingerprint density at radius 1 is 1.28 bits per heavy atom. The number of urea groups is 1. The van der Waals surface area contributed by atoms with Crippen molar-refractivity contribution in [2.75, 3.05) is 11.9 Å². The van der Waals surface area contributed by atoms with Crippen LogP contribution in [0.1, 0.15) is 26.3 Å². The van der Waals surface area contributed by atoms with E-state index in [1.54, 1.807) is 0 Å². The molecule has 0 bridgehead atoms. The topological polar surface area (TPSA) is 61.4 Å². The van der Waals surface area contributed by atoms with Crippen molar-refractivity contribution in [3.05, 3.63) is 29.8 Å². The van der Waals surface area contributed by atoms with E-state index in [9.17, 15) is 9.90 Å². The standard InChI is InChI=1S/C14H22N2O2/c1-10-5-7-11(8-6-10)15-13(18)16-12(9-17)14(2,3)4/h5-8,12,17H,9H2,1-4H3,(H2,15,16,18)/t12-/m1/s1. The zero-order valence-corrected chi connectivity index (χ0v) is 11.4. The number of amides is 2. The molecule has 0 aromatic heterocycles. The lowest BCUT2D eigenvalue weighted by Gasteiger charge is -2.29. The van der Waals surface area contributed by atoms with Crippen LogP contribution in [0.4, 0.5) is 10.5 Å². The first-order valence-corrected chi connectivity index (χ1v) is 6.08. The largest absolute Gasteiger partial charge is 0.394 e. The molecule has 100 valence electrons. The maximum absolute atomic E-state index is 11.8. The Kier molecular flexibility index (Phi) is 4.73. The third-order valence-corrected chi connectivity index (χ3v) is 2.84. The van der Waals surface area contributed by atoms with E-state index in [1.807, 2.05) is 52.0 Å². The van der Waals surface area contributed by atoms with Gasteiger partial charge in [0.25, 0.3) is 0 Å². The Morgan fingerprint density at radius 3 is 2.28 bits per heavy atom. The van der Waals surface area contributed by atoms with E-state index in [4.69, 9.17) is 0 Å². The quantitative estimate of drug-likeness (QED) is 0.772. The minimum Gasteiger partial charge on any atom is -0.394 e. The molecule has 1 aromatic carbocycles. The minimum atomic E-state index is -0.298. The molecule has 1 aromatic rings. The molecule has 3 N–H and O–H groups in total. The van der Waals surface area contributed by atoms with Crippen molar-refractivity contribution < 1.29 is 9.90 Å². The highest BCUT2D eigenvalue weighted by molar-refractivity contribution is 5.89. The van der Waals surface area contributed by atoms with Crippen LogP contribution in [0.5, 0.6) is 0 Å². The Labute approximate surface area is 108 Å². The highest BCUT2D eigenvalue weighted by Crippen LogP contribution is 2.18. The number of carbonyl (C=O) groups excluding carboxylic acids is 1. The average Bonchev–Trinajstić information content (AvgIpc) is 2.27. The number of nitrogens with one attached hydrogen (secondary N) is 2. The SMILES string of the molecule is Cc1ccc(NC(=O)N[C@H](CO)C(C)(C)C)cc1. The van der Waals surface area contributed by atoms with Gasteiger partial charge in [-0.05, 0) is 24.5 Å². The van der Waals surface area contributed by atoms with Crippen molar-refractivity contribution in [2.45, 2.75) is 33.7 Å². The molecular weight excluding hydrogens is 228 g/mol. The molecular formula is C14H22N2O2. The van der Waals surface area contributed by atoms with Crippen molar-refractivity contribution >= 4 is 11.7 Å². The van der Waals surface area contributed by atoms with Gasteiger partial charge in [0.15, 0.2) is 0 Å². The molecule has 0 unspecified atom stereocenters. The van der Waals surface area contributed by atoms with Gasteiger partial charge in [-0.3, -0.25) is 0 Å². The van der Waals surface area contributed by atoms with Crippen molar-refractivity contribution in [2.24, 2.45) is 5.41 Å². The highest BCUT2D eigenvalue weighted by Gasteiger charge is 2.25. The van der Waals surface area contributed by atoms with Gasteiger partial charge in [-0.2, -0.15) is 0 Å². The van der Waals surface area contributed by atoms with E-state index in [0.29, 0.717) is 0 Å². The van der Waals surface area contributed by atoms with Crippen molar-refractivity contribution in [3.63, 3.8) is 0 Å². The van der Waals surface area contributed by atoms with Crippen LogP contribution in [-0.2, 0) is 0 Å². The number of aliphatic hydroxyl groups excluding tert-OH is 1. The van der Waals surface area contributed by atoms with E-state index in [2.05, 4.69) is 10.6 Å². The monoisotopic (exact) mass is 250 g/mol. The van der Waals surface area contributed by atoms with Gasteiger partial charge in [0, 0.05) is 5.69 Å². The van der Waals surface area contributed by atoms with Crippen LogP contribution in [0.3, 0.4) is 0 Å². The summed E-state index contributed by atoms with van der Waals surface area (Å²) in [6.07, 6.45) is 0. The van der Waals surface area contributed by atoms with Gasteiger partial charge in [-0.15, -0.1) is 0 Å². The van der Waals surface area contributed by atoms with Crippen LogP contribution in [-0.4, -0.2) is 23.8 Å². The molecule has 0 fully saturated rings. The molecule has 4 heteroatoms. The third kappa shape index (κ3) is 4.37. The number of carbonyl (C=O) groups is 1. The zero-order valence-electron chi connectivity index (χ0n) is 11.4. The summed E-state index contributed by atoms with van der Waals surface area (Å²) in [7, 11) is 0. The fourth-order valence-electron chi connectivity index (χ4n) is 1.50. The molecule has 0 aliphatic carbocycles. The van der Waals surface area contributed by atoms with Crippen LogP contribution in [0.2, 0.25) is 0 Å². The molecule has 1 atom stereocenters. The summed E-state index contributed by atoms with van der Waals surface area (Å²) in [5.41, 5.74) is 1.70. The summed E-state index contributed by atoms with van der Waals surface area (Å²) in [6.45, 7) is 7.83. The lowest BCUT2D eigenvalue weighted by Crippen LogP contribution is -2.47. The van der Waals surface area contributed by atoms with Crippen molar-refractivity contribution in [1.29, 1.82) is 0 Å². The van der Waals surface area contributed by atoms with E-state index in [-0.39, 0.29) is 24.1 Å². The number of benzene rings is 1. The number of hydrogen-bond donors (Lipinski definition) is 3. The maximum atomic E-state index is 11.8.